The second-order valence-corrected chi connectivity index (χ2v) is 8.73. The molecule has 1 atom stereocenters. The van der Waals surface area contributed by atoms with Crippen LogP contribution in [-0.4, -0.2) is 29.5 Å². The Hall–Kier alpha value is -3.86. The Bertz CT molecular complexity index is 1220. The van der Waals surface area contributed by atoms with Gasteiger partial charge in [-0.15, -0.1) is 0 Å². The van der Waals surface area contributed by atoms with Gasteiger partial charge < -0.3 is 26.3 Å². The number of hydrogen-bond donors (Lipinski definition) is 5. The molecule has 0 saturated carbocycles. The summed E-state index contributed by atoms with van der Waals surface area (Å²) in [5.74, 6) is -0.0152. The number of benzene rings is 2. The molecule has 0 radical (unpaired) electrons. The molecule has 7 N–H and O–H groups in total. The summed E-state index contributed by atoms with van der Waals surface area (Å²) >= 11 is 5.86. The Morgan fingerprint density at radius 1 is 0.973 bits per heavy atom. The summed E-state index contributed by atoms with van der Waals surface area (Å²) in [6.45, 7) is 6.10. The van der Waals surface area contributed by atoms with Gasteiger partial charge in [0.15, 0.2) is 11.5 Å². The molecule has 0 saturated heterocycles. The van der Waals surface area contributed by atoms with Gasteiger partial charge in [-0.1, -0.05) is 29.8 Å². The van der Waals surface area contributed by atoms with E-state index < -0.39 is 24.0 Å². The number of amides is 2. The van der Waals surface area contributed by atoms with Crippen molar-refractivity contribution in [3.63, 3.8) is 0 Å². The molecule has 2 aromatic carbocycles. The zero-order valence-electron chi connectivity index (χ0n) is 20.8. The number of nitrogens with zero attached hydrogens (tertiary/aromatic N) is 1. The van der Waals surface area contributed by atoms with Crippen LogP contribution in [0.5, 0.6) is 11.5 Å². The maximum atomic E-state index is 13.3. The Labute approximate surface area is 220 Å². The van der Waals surface area contributed by atoms with Gasteiger partial charge in [0.2, 0.25) is 0 Å². The highest BCUT2D eigenvalue weighted by molar-refractivity contribution is 6.29. The van der Waals surface area contributed by atoms with Crippen LogP contribution in [0.1, 0.15) is 54.5 Å². The van der Waals surface area contributed by atoms with Crippen LogP contribution in [0.25, 0.3) is 0 Å². The zero-order chi connectivity index (χ0) is 26.9. The van der Waals surface area contributed by atoms with Gasteiger partial charge in [-0.2, -0.15) is 0 Å². The number of rotatable bonds is 10. The maximum absolute atomic E-state index is 13.3. The minimum atomic E-state index is -0.911. The predicted octanol–water partition coefficient (Wildman–Crippen LogP) is 3.45. The molecule has 0 fully saturated rings. The van der Waals surface area contributed by atoms with Crippen LogP contribution >= 0.6 is 11.6 Å². The first-order valence-corrected chi connectivity index (χ1v) is 12.1. The highest BCUT2D eigenvalue weighted by Gasteiger charge is 2.24. The number of halogens is 1. The number of hydrogen-bond acceptors (Lipinski definition) is 8. The lowest BCUT2D eigenvalue weighted by Crippen LogP contribution is -2.45. The molecule has 10 nitrogen and oxygen atoms in total. The van der Waals surface area contributed by atoms with Crippen molar-refractivity contribution in [3.05, 3.63) is 82.6 Å². The molecular weight excluding hydrogens is 496 g/mol. The summed E-state index contributed by atoms with van der Waals surface area (Å²) in [5, 5.41) is 3.35. The third-order valence-electron chi connectivity index (χ3n) is 5.12. The first-order valence-electron chi connectivity index (χ1n) is 11.7. The Morgan fingerprint density at radius 2 is 1.68 bits per heavy atom. The number of anilines is 1. The molecule has 3 rings (SSSR count). The monoisotopic (exact) mass is 526 g/mol. The smallest absolute Gasteiger partial charge is 0.269 e. The van der Waals surface area contributed by atoms with Crippen molar-refractivity contribution < 1.29 is 19.1 Å². The van der Waals surface area contributed by atoms with Crippen LogP contribution in [0.15, 0.2) is 60.8 Å². The Morgan fingerprint density at radius 3 is 2.30 bits per heavy atom. The van der Waals surface area contributed by atoms with Gasteiger partial charge in [-0.05, 0) is 68.3 Å². The number of pyridine rings is 1. The SMILES string of the molecule is CCOc1cc(C(Nc2ccc(C(N)N)cc2)C(=O)NNC(=O)c2ccnc(Cl)c2)ccc1OC(C)C. The minimum absolute atomic E-state index is 0.0633. The number of nitrogens with one attached hydrogen (secondary N) is 3. The number of ether oxygens (including phenoxy) is 2. The van der Waals surface area contributed by atoms with Crippen LogP contribution in [0.2, 0.25) is 5.15 Å². The molecule has 2 amide bonds. The van der Waals surface area contributed by atoms with Gasteiger partial charge >= 0.3 is 0 Å². The van der Waals surface area contributed by atoms with Crippen LogP contribution in [0.3, 0.4) is 0 Å². The molecule has 0 aliphatic rings. The third kappa shape index (κ3) is 7.81. The van der Waals surface area contributed by atoms with Crippen LogP contribution < -0.4 is 37.1 Å². The van der Waals surface area contributed by atoms with Crippen molar-refractivity contribution in [2.24, 2.45) is 11.5 Å². The lowest BCUT2D eigenvalue weighted by atomic mass is 10.0. The largest absolute Gasteiger partial charge is 0.490 e. The van der Waals surface area contributed by atoms with E-state index in [-0.39, 0.29) is 16.8 Å². The molecule has 0 aliphatic heterocycles. The lowest BCUT2D eigenvalue weighted by Gasteiger charge is -2.22. The predicted molar refractivity (Wildman–Crippen MR) is 142 cm³/mol. The third-order valence-corrected chi connectivity index (χ3v) is 5.33. The zero-order valence-corrected chi connectivity index (χ0v) is 21.6. The molecule has 0 aliphatic carbocycles. The van der Waals surface area contributed by atoms with Crippen molar-refractivity contribution in [1.29, 1.82) is 0 Å². The highest BCUT2D eigenvalue weighted by atomic mass is 35.5. The molecule has 11 heteroatoms. The maximum Gasteiger partial charge on any atom is 0.269 e. The topological polar surface area (TPSA) is 154 Å². The van der Waals surface area contributed by atoms with Crippen LogP contribution in [0.4, 0.5) is 5.69 Å². The molecule has 0 bridgehead atoms. The number of carbonyl (C=O) groups is 2. The summed E-state index contributed by atoms with van der Waals surface area (Å²) in [7, 11) is 0. The molecule has 0 spiro atoms. The van der Waals surface area contributed by atoms with Crippen molar-refractivity contribution in [3.8, 4) is 11.5 Å². The van der Waals surface area contributed by atoms with E-state index in [1.807, 2.05) is 20.8 Å². The molecular formula is C26H31ClN6O4. The van der Waals surface area contributed by atoms with E-state index in [2.05, 4.69) is 21.2 Å². The molecule has 196 valence electrons. The number of nitrogens with two attached hydrogens (primary N) is 2. The summed E-state index contributed by atoms with van der Waals surface area (Å²) in [5.41, 5.74) is 18.6. The second kappa shape index (κ2) is 12.9. The van der Waals surface area contributed by atoms with Gasteiger partial charge in [0.1, 0.15) is 11.2 Å². The van der Waals surface area contributed by atoms with Gasteiger partial charge in [-0.3, -0.25) is 20.4 Å². The number of aromatic nitrogens is 1. The Kier molecular flexibility index (Phi) is 9.67. The minimum Gasteiger partial charge on any atom is -0.490 e. The van der Waals surface area contributed by atoms with E-state index >= 15 is 0 Å². The van der Waals surface area contributed by atoms with Gasteiger partial charge in [-0.25, -0.2) is 4.98 Å². The first kappa shape index (κ1) is 27.7. The first-order chi connectivity index (χ1) is 17.7. The fourth-order valence-corrected chi connectivity index (χ4v) is 3.57. The average Bonchev–Trinajstić information content (AvgIpc) is 2.87. The van der Waals surface area contributed by atoms with Crippen molar-refractivity contribution >= 4 is 29.1 Å². The number of hydrazine groups is 1. The summed E-state index contributed by atoms with van der Waals surface area (Å²) in [4.78, 5) is 29.7. The van der Waals surface area contributed by atoms with Crippen LogP contribution in [0, 0.1) is 0 Å². The van der Waals surface area contributed by atoms with E-state index in [1.165, 1.54) is 18.3 Å². The summed E-state index contributed by atoms with van der Waals surface area (Å²) in [6, 6.07) is 14.3. The fourth-order valence-electron chi connectivity index (χ4n) is 3.40. The number of carbonyl (C=O) groups excluding carboxylic acids is 2. The molecule has 1 heterocycles. The van der Waals surface area contributed by atoms with Crippen molar-refractivity contribution in [2.75, 3.05) is 11.9 Å². The standard InChI is InChI=1S/C26H31ClN6O4/c1-4-36-21-13-17(7-10-20(21)37-15(2)3)23(31-19-8-5-16(6-9-19)24(28)29)26(35)33-32-25(34)18-11-12-30-22(27)14-18/h5-15,23-24,31H,4,28-29H2,1-3H3,(H,32,34)(H,33,35). The average molecular weight is 527 g/mol. The van der Waals surface area contributed by atoms with E-state index in [9.17, 15) is 9.59 Å². The quantitative estimate of drug-likeness (QED) is 0.153. The van der Waals surface area contributed by atoms with E-state index in [4.69, 9.17) is 32.5 Å². The van der Waals surface area contributed by atoms with E-state index in [0.717, 1.165) is 5.56 Å². The fraction of sp³-hybridized carbons (Fsp3) is 0.269. The summed E-state index contributed by atoms with van der Waals surface area (Å²) in [6.07, 6.45) is 0.718. The van der Waals surface area contributed by atoms with E-state index in [1.54, 1.807) is 42.5 Å². The van der Waals surface area contributed by atoms with E-state index in [0.29, 0.717) is 29.4 Å². The molecule has 1 aromatic heterocycles. The Balaban J connectivity index is 1.88. The molecule has 1 unspecified atom stereocenters. The second-order valence-electron chi connectivity index (χ2n) is 8.34. The van der Waals surface area contributed by atoms with Gasteiger partial charge in [0, 0.05) is 17.4 Å². The summed E-state index contributed by atoms with van der Waals surface area (Å²) < 4.78 is 11.6. The lowest BCUT2D eigenvalue weighted by molar-refractivity contribution is -0.122. The van der Waals surface area contributed by atoms with Gasteiger partial charge in [0.05, 0.1) is 18.9 Å². The molecule has 37 heavy (non-hydrogen) atoms. The highest BCUT2D eigenvalue weighted by Crippen LogP contribution is 2.33. The van der Waals surface area contributed by atoms with Crippen molar-refractivity contribution in [1.82, 2.24) is 15.8 Å². The van der Waals surface area contributed by atoms with Crippen LogP contribution in [-0.2, 0) is 4.79 Å². The van der Waals surface area contributed by atoms with Gasteiger partial charge in [0.25, 0.3) is 11.8 Å². The normalized spacial score (nSPS) is 11.7. The molecule has 3 aromatic rings. The van der Waals surface area contributed by atoms with Crippen molar-refractivity contribution in [2.45, 2.75) is 39.1 Å².